The van der Waals surface area contributed by atoms with E-state index in [0.717, 1.165) is 17.7 Å². The number of alkyl halides is 3. The van der Waals surface area contributed by atoms with E-state index >= 15 is 0 Å². The van der Waals surface area contributed by atoms with E-state index < -0.39 is 11.7 Å². The minimum absolute atomic E-state index is 0.297. The summed E-state index contributed by atoms with van der Waals surface area (Å²) in [4.78, 5) is 8.70. The molecule has 102 valence electrons. The molecule has 0 radical (unpaired) electrons. The van der Waals surface area contributed by atoms with Crippen LogP contribution < -0.4 is 0 Å². The van der Waals surface area contributed by atoms with Crippen molar-refractivity contribution in [2.24, 2.45) is 0 Å². The van der Waals surface area contributed by atoms with Crippen molar-refractivity contribution in [1.29, 1.82) is 0 Å². The maximum atomic E-state index is 12.5. The minimum Gasteiger partial charge on any atom is -0.225 e. The summed E-state index contributed by atoms with van der Waals surface area (Å²) in [5, 5.41) is 2.78. The molecule has 0 spiro atoms. The third-order valence-corrected chi connectivity index (χ3v) is 4.02. The highest BCUT2D eigenvalue weighted by Crippen LogP contribution is 2.37. The Bertz CT molecular complexity index is 765. The number of aromatic nitrogens is 2. The normalized spacial score (nSPS) is 12.0. The predicted octanol–water partition coefficient (Wildman–Crippen LogP) is 5.03. The fourth-order valence-corrected chi connectivity index (χ4v) is 3.10. The first-order chi connectivity index (χ1) is 9.47. The van der Waals surface area contributed by atoms with Gasteiger partial charge in [0.15, 0.2) is 0 Å². The first-order valence-electron chi connectivity index (χ1n) is 5.52. The first kappa shape index (κ1) is 13.3. The van der Waals surface area contributed by atoms with E-state index in [4.69, 9.17) is 11.6 Å². The van der Waals surface area contributed by atoms with E-state index in [2.05, 4.69) is 9.97 Å². The number of rotatable bonds is 1. The van der Waals surface area contributed by atoms with Crippen molar-refractivity contribution in [3.8, 4) is 11.1 Å². The van der Waals surface area contributed by atoms with Crippen LogP contribution in [-0.2, 0) is 6.18 Å². The van der Waals surface area contributed by atoms with Crippen molar-refractivity contribution in [1.82, 2.24) is 9.97 Å². The van der Waals surface area contributed by atoms with Crippen molar-refractivity contribution in [2.75, 3.05) is 0 Å². The molecular formula is C13H6ClF3N2S. The fourth-order valence-electron chi connectivity index (χ4n) is 1.89. The molecule has 0 fully saturated rings. The van der Waals surface area contributed by atoms with Gasteiger partial charge in [0.2, 0.25) is 0 Å². The van der Waals surface area contributed by atoms with Crippen molar-refractivity contribution in [2.45, 2.75) is 6.18 Å². The summed E-state index contributed by atoms with van der Waals surface area (Å²) in [5.41, 5.74) is 0.716. The Morgan fingerprint density at radius 3 is 2.40 bits per heavy atom. The minimum atomic E-state index is -4.34. The number of halogens is 4. The second-order valence-electron chi connectivity index (χ2n) is 4.07. The highest BCUT2D eigenvalue weighted by Gasteiger charge is 2.30. The number of hydrogen-bond acceptors (Lipinski definition) is 3. The van der Waals surface area contributed by atoms with Gasteiger partial charge in [-0.2, -0.15) is 13.2 Å². The summed E-state index contributed by atoms with van der Waals surface area (Å²) in [7, 11) is 0. The molecule has 0 bridgehead atoms. The molecule has 3 aromatic rings. The molecule has 7 heteroatoms. The Labute approximate surface area is 120 Å². The zero-order chi connectivity index (χ0) is 14.3. The second kappa shape index (κ2) is 4.71. The van der Waals surface area contributed by atoms with E-state index in [0.29, 0.717) is 20.9 Å². The molecule has 0 aliphatic heterocycles. The van der Waals surface area contributed by atoms with Gasteiger partial charge in [0.05, 0.1) is 10.9 Å². The predicted molar refractivity (Wildman–Crippen MR) is 72.9 cm³/mol. The van der Waals surface area contributed by atoms with Gasteiger partial charge in [-0.15, -0.1) is 11.3 Å². The summed E-state index contributed by atoms with van der Waals surface area (Å²) < 4.78 is 37.6. The molecule has 0 saturated heterocycles. The lowest BCUT2D eigenvalue weighted by Crippen LogP contribution is -2.03. The molecule has 3 rings (SSSR count). The summed E-state index contributed by atoms with van der Waals surface area (Å²) in [6.45, 7) is 0. The zero-order valence-electron chi connectivity index (χ0n) is 9.78. The summed E-state index contributed by atoms with van der Waals surface area (Å²) in [6.07, 6.45) is -2.98. The van der Waals surface area contributed by atoms with Gasteiger partial charge in [-0.3, -0.25) is 0 Å². The molecule has 0 unspecified atom stereocenters. The van der Waals surface area contributed by atoms with Crippen LogP contribution in [0.25, 0.3) is 21.3 Å². The Balaban J connectivity index is 2.12. The highest BCUT2D eigenvalue weighted by atomic mass is 35.5. The van der Waals surface area contributed by atoms with Crippen LogP contribution in [0.1, 0.15) is 5.56 Å². The Kier molecular flexibility index (Phi) is 3.14. The van der Waals surface area contributed by atoms with Crippen LogP contribution in [0.3, 0.4) is 0 Å². The van der Waals surface area contributed by atoms with Crippen molar-refractivity contribution < 1.29 is 13.2 Å². The van der Waals surface area contributed by atoms with Crippen LogP contribution in [0, 0.1) is 0 Å². The smallest absolute Gasteiger partial charge is 0.225 e. The lowest BCUT2D eigenvalue weighted by Gasteiger charge is -2.07. The number of hydrogen-bond donors (Lipinski definition) is 0. The molecule has 2 heterocycles. The van der Waals surface area contributed by atoms with Gasteiger partial charge in [-0.05, 0) is 17.7 Å². The standard InChI is InChI=1S/C13H6ClF3N2S/c14-11-10-9(5-20-12(10)19-6-18-11)7-1-3-8(4-2-7)13(15,16)17/h1-6H. The van der Waals surface area contributed by atoms with Gasteiger partial charge in [-0.25, -0.2) is 9.97 Å². The number of benzene rings is 1. The number of nitrogens with zero attached hydrogens (tertiary/aromatic N) is 2. The molecule has 20 heavy (non-hydrogen) atoms. The molecule has 0 amide bonds. The molecule has 2 aromatic heterocycles. The number of thiophene rings is 1. The Hall–Kier alpha value is -1.66. The van der Waals surface area contributed by atoms with Gasteiger partial charge < -0.3 is 0 Å². The molecule has 0 atom stereocenters. The number of fused-ring (bicyclic) bond motifs is 1. The van der Waals surface area contributed by atoms with Crippen molar-refractivity contribution in [3.05, 3.63) is 46.7 Å². The summed E-state index contributed by atoms with van der Waals surface area (Å²) in [6, 6.07) is 4.95. The lowest BCUT2D eigenvalue weighted by molar-refractivity contribution is -0.137. The average molecular weight is 315 g/mol. The van der Waals surface area contributed by atoms with Crippen LogP contribution in [0.5, 0.6) is 0 Å². The largest absolute Gasteiger partial charge is 0.416 e. The molecule has 0 N–H and O–H groups in total. The molecule has 0 aliphatic carbocycles. The van der Waals surface area contributed by atoms with Crippen molar-refractivity contribution >= 4 is 33.2 Å². The SMILES string of the molecule is FC(F)(F)c1ccc(-c2csc3ncnc(Cl)c23)cc1. The van der Waals surface area contributed by atoms with Gasteiger partial charge in [-0.1, -0.05) is 23.7 Å². The van der Waals surface area contributed by atoms with Gasteiger partial charge in [0, 0.05) is 10.9 Å². The van der Waals surface area contributed by atoms with E-state index in [9.17, 15) is 13.2 Å². The van der Waals surface area contributed by atoms with Crippen LogP contribution in [0.2, 0.25) is 5.15 Å². The topological polar surface area (TPSA) is 25.8 Å². The quantitative estimate of drug-likeness (QED) is 0.589. The molecule has 1 aromatic carbocycles. The lowest BCUT2D eigenvalue weighted by atomic mass is 10.0. The zero-order valence-corrected chi connectivity index (χ0v) is 11.4. The molecule has 0 saturated carbocycles. The van der Waals surface area contributed by atoms with Crippen LogP contribution in [-0.4, -0.2) is 9.97 Å². The molecule has 0 aliphatic rings. The summed E-state index contributed by atoms with van der Waals surface area (Å²) >= 11 is 7.41. The fraction of sp³-hybridized carbons (Fsp3) is 0.0769. The van der Waals surface area contributed by atoms with Gasteiger partial charge in [0.25, 0.3) is 0 Å². The van der Waals surface area contributed by atoms with Crippen LogP contribution in [0.15, 0.2) is 36.0 Å². The van der Waals surface area contributed by atoms with Crippen LogP contribution >= 0.6 is 22.9 Å². The third-order valence-electron chi connectivity index (χ3n) is 2.85. The summed E-state index contributed by atoms with van der Waals surface area (Å²) in [5.74, 6) is 0. The second-order valence-corrected chi connectivity index (χ2v) is 5.29. The third kappa shape index (κ3) is 2.25. The van der Waals surface area contributed by atoms with Gasteiger partial charge >= 0.3 is 6.18 Å². The van der Waals surface area contributed by atoms with E-state index in [1.54, 1.807) is 0 Å². The Morgan fingerprint density at radius 2 is 1.75 bits per heavy atom. The van der Waals surface area contributed by atoms with E-state index in [-0.39, 0.29) is 0 Å². The molecular weight excluding hydrogens is 309 g/mol. The van der Waals surface area contributed by atoms with E-state index in [1.807, 2.05) is 5.38 Å². The maximum Gasteiger partial charge on any atom is 0.416 e. The maximum absolute atomic E-state index is 12.5. The average Bonchev–Trinajstić information content (AvgIpc) is 2.83. The van der Waals surface area contributed by atoms with E-state index in [1.165, 1.54) is 29.8 Å². The first-order valence-corrected chi connectivity index (χ1v) is 6.78. The van der Waals surface area contributed by atoms with Crippen molar-refractivity contribution in [3.63, 3.8) is 0 Å². The monoisotopic (exact) mass is 314 g/mol. The van der Waals surface area contributed by atoms with Crippen LogP contribution in [0.4, 0.5) is 13.2 Å². The Morgan fingerprint density at radius 1 is 1.05 bits per heavy atom. The van der Waals surface area contributed by atoms with Gasteiger partial charge in [0.1, 0.15) is 16.3 Å². The molecule has 2 nitrogen and oxygen atoms in total. The highest BCUT2D eigenvalue weighted by molar-refractivity contribution is 7.17.